The number of Topliss-reactive ketones (excluding diaryl/α,β-unsaturated/α-hetero) is 2. The number of amides is 1. The number of hydrogen-bond acceptors (Lipinski definition) is 3. The van der Waals surface area contributed by atoms with Crippen molar-refractivity contribution in [3.05, 3.63) is 29.8 Å². The van der Waals surface area contributed by atoms with Gasteiger partial charge in [-0.3, -0.25) is 14.4 Å². The van der Waals surface area contributed by atoms with E-state index in [1.807, 2.05) is 0 Å². The summed E-state index contributed by atoms with van der Waals surface area (Å²) in [5.74, 6) is -1.00. The Morgan fingerprint density at radius 3 is 2.47 bits per heavy atom. The van der Waals surface area contributed by atoms with Crippen molar-refractivity contribution in [3.8, 4) is 0 Å². The lowest BCUT2D eigenvalue weighted by molar-refractivity contribution is -0.117. The third-order valence-corrected chi connectivity index (χ3v) is 2.76. The Labute approximate surface area is 99.0 Å². The average molecular weight is 231 g/mol. The first-order valence-corrected chi connectivity index (χ1v) is 5.65. The number of hydrogen-bond donors (Lipinski definition) is 1. The molecule has 88 valence electrons. The van der Waals surface area contributed by atoms with E-state index in [1.165, 1.54) is 0 Å². The van der Waals surface area contributed by atoms with Gasteiger partial charge in [-0.05, 0) is 25.0 Å². The van der Waals surface area contributed by atoms with Crippen molar-refractivity contribution in [2.24, 2.45) is 0 Å². The molecule has 0 saturated heterocycles. The first-order chi connectivity index (χ1) is 8.18. The zero-order valence-corrected chi connectivity index (χ0v) is 9.36. The van der Waals surface area contributed by atoms with Gasteiger partial charge in [0.25, 0.3) is 0 Å². The highest BCUT2D eigenvalue weighted by Crippen LogP contribution is 2.19. The van der Waals surface area contributed by atoms with Crippen LogP contribution in [0.25, 0.3) is 0 Å². The van der Waals surface area contributed by atoms with E-state index in [-0.39, 0.29) is 23.7 Å². The Balaban J connectivity index is 2.40. The van der Waals surface area contributed by atoms with Crippen molar-refractivity contribution in [3.63, 3.8) is 0 Å². The van der Waals surface area contributed by atoms with E-state index in [2.05, 4.69) is 5.32 Å². The Hall–Kier alpha value is -1.97. The number of ketones is 2. The van der Waals surface area contributed by atoms with Gasteiger partial charge in [0.1, 0.15) is 0 Å². The van der Waals surface area contributed by atoms with Crippen LogP contribution in [0.2, 0.25) is 0 Å². The Bertz CT molecular complexity index is 479. The quantitative estimate of drug-likeness (QED) is 0.694. The van der Waals surface area contributed by atoms with Crippen molar-refractivity contribution in [2.75, 3.05) is 5.32 Å². The molecule has 0 spiro atoms. The van der Waals surface area contributed by atoms with E-state index in [0.717, 1.165) is 0 Å². The average Bonchev–Trinajstić information content (AvgIpc) is 2.33. The molecule has 4 heteroatoms. The number of anilines is 1. The molecular weight excluding hydrogens is 218 g/mol. The van der Waals surface area contributed by atoms with Gasteiger partial charge in [-0.15, -0.1) is 0 Å². The van der Waals surface area contributed by atoms with E-state index < -0.39 is 5.78 Å². The van der Waals surface area contributed by atoms with Gasteiger partial charge in [0.2, 0.25) is 17.5 Å². The lowest BCUT2D eigenvalue weighted by Gasteiger charge is -2.11. The van der Waals surface area contributed by atoms with Crippen LogP contribution in [0.4, 0.5) is 5.69 Å². The van der Waals surface area contributed by atoms with E-state index >= 15 is 0 Å². The molecule has 0 bridgehead atoms. The lowest BCUT2D eigenvalue weighted by Crippen LogP contribution is -2.20. The van der Waals surface area contributed by atoms with Crippen LogP contribution < -0.4 is 5.32 Å². The molecule has 1 N–H and O–H groups in total. The second-order valence-corrected chi connectivity index (χ2v) is 4.05. The van der Waals surface area contributed by atoms with Crippen molar-refractivity contribution in [1.29, 1.82) is 0 Å². The highest BCUT2D eigenvalue weighted by molar-refractivity contribution is 6.45. The minimum Gasteiger partial charge on any atom is -0.325 e. The monoisotopic (exact) mass is 231 g/mol. The molecule has 1 aliphatic rings. The van der Waals surface area contributed by atoms with Gasteiger partial charge < -0.3 is 5.32 Å². The number of fused-ring (bicyclic) bond motifs is 1. The maximum atomic E-state index is 11.9. The molecule has 0 aromatic heterocycles. The standard InChI is InChI=1S/C13H13NO3/c15-11-7-3-4-8-12(16)14-10-6-2-1-5-9(10)13(11)17/h1-2,5-6H,3-4,7-8H2,(H,14,16). The Kier molecular flexibility index (Phi) is 3.32. The molecule has 1 aliphatic heterocycles. The van der Waals surface area contributed by atoms with Crippen LogP contribution in [0.1, 0.15) is 36.0 Å². The molecule has 2 rings (SSSR count). The molecule has 0 fully saturated rings. The van der Waals surface area contributed by atoms with Crippen molar-refractivity contribution < 1.29 is 14.4 Å². The van der Waals surface area contributed by atoms with Crippen molar-refractivity contribution >= 4 is 23.2 Å². The number of benzene rings is 1. The molecule has 0 unspecified atom stereocenters. The summed E-state index contributed by atoms with van der Waals surface area (Å²) in [6, 6.07) is 6.61. The topological polar surface area (TPSA) is 63.2 Å². The predicted octanol–water partition coefficient (Wildman–Crippen LogP) is 1.95. The van der Waals surface area contributed by atoms with Gasteiger partial charge in [-0.2, -0.15) is 0 Å². The fourth-order valence-electron chi connectivity index (χ4n) is 1.84. The second kappa shape index (κ2) is 4.91. The Morgan fingerprint density at radius 2 is 1.65 bits per heavy atom. The van der Waals surface area contributed by atoms with Gasteiger partial charge >= 0.3 is 0 Å². The maximum Gasteiger partial charge on any atom is 0.230 e. The van der Waals surface area contributed by atoms with Gasteiger partial charge in [0.05, 0.1) is 5.69 Å². The minimum absolute atomic E-state index is 0.111. The molecular formula is C13H13NO3. The summed E-state index contributed by atoms with van der Waals surface area (Å²) >= 11 is 0. The highest BCUT2D eigenvalue weighted by Gasteiger charge is 2.21. The molecule has 0 radical (unpaired) electrons. The van der Waals surface area contributed by atoms with Crippen molar-refractivity contribution in [2.45, 2.75) is 25.7 Å². The molecule has 0 atom stereocenters. The van der Waals surface area contributed by atoms with Gasteiger partial charge in [-0.25, -0.2) is 0 Å². The van der Waals surface area contributed by atoms with E-state index in [4.69, 9.17) is 0 Å². The number of nitrogens with one attached hydrogen (secondary N) is 1. The summed E-state index contributed by atoms with van der Waals surface area (Å²) in [5, 5.41) is 2.67. The number of carbonyl (C=O) groups excluding carboxylic acids is 3. The fraction of sp³-hybridized carbons (Fsp3) is 0.308. The minimum atomic E-state index is -0.511. The van der Waals surface area contributed by atoms with Crippen LogP contribution in [-0.2, 0) is 9.59 Å². The number of rotatable bonds is 0. The summed E-state index contributed by atoms with van der Waals surface area (Å²) in [6.45, 7) is 0. The van der Waals surface area contributed by atoms with Crippen LogP contribution in [0.15, 0.2) is 24.3 Å². The lowest BCUT2D eigenvalue weighted by atomic mass is 10.00. The highest BCUT2D eigenvalue weighted by atomic mass is 16.2. The smallest absolute Gasteiger partial charge is 0.230 e. The molecule has 17 heavy (non-hydrogen) atoms. The summed E-state index contributed by atoms with van der Waals surface area (Å²) in [5.41, 5.74) is 0.713. The number of carbonyl (C=O) groups is 3. The molecule has 1 heterocycles. The molecule has 0 aliphatic carbocycles. The van der Waals surface area contributed by atoms with Crippen LogP contribution in [0.5, 0.6) is 0 Å². The summed E-state index contributed by atoms with van der Waals surface area (Å²) < 4.78 is 0. The van der Waals surface area contributed by atoms with Gasteiger partial charge in [-0.1, -0.05) is 12.1 Å². The summed E-state index contributed by atoms with van der Waals surface area (Å²) in [6.07, 6.45) is 1.82. The SMILES string of the molecule is O=C1CCCCC(=O)C(=O)c2ccccc2N1. The third-order valence-electron chi connectivity index (χ3n) is 2.76. The first-order valence-electron chi connectivity index (χ1n) is 5.65. The third kappa shape index (κ3) is 2.58. The molecule has 1 aromatic rings. The first kappa shape index (κ1) is 11.5. The van der Waals surface area contributed by atoms with Gasteiger partial charge in [0, 0.05) is 18.4 Å². The number of para-hydroxylation sites is 1. The van der Waals surface area contributed by atoms with Crippen LogP contribution in [-0.4, -0.2) is 17.5 Å². The van der Waals surface area contributed by atoms with E-state index in [9.17, 15) is 14.4 Å². The van der Waals surface area contributed by atoms with E-state index in [1.54, 1.807) is 24.3 Å². The zero-order chi connectivity index (χ0) is 12.3. The van der Waals surface area contributed by atoms with Crippen LogP contribution in [0, 0.1) is 0 Å². The normalized spacial score (nSPS) is 17.3. The van der Waals surface area contributed by atoms with E-state index in [0.29, 0.717) is 24.9 Å². The van der Waals surface area contributed by atoms with Crippen LogP contribution in [0.3, 0.4) is 0 Å². The largest absolute Gasteiger partial charge is 0.325 e. The molecule has 0 saturated carbocycles. The summed E-state index contributed by atoms with van der Waals surface area (Å²) in [7, 11) is 0. The maximum absolute atomic E-state index is 11.9. The molecule has 4 nitrogen and oxygen atoms in total. The second-order valence-electron chi connectivity index (χ2n) is 4.05. The zero-order valence-electron chi connectivity index (χ0n) is 9.36. The van der Waals surface area contributed by atoms with Gasteiger partial charge in [0.15, 0.2) is 0 Å². The predicted molar refractivity (Wildman–Crippen MR) is 62.9 cm³/mol. The van der Waals surface area contributed by atoms with Crippen LogP contribution >= 0.6 is 0 Å². The van der Waals surface area contributed by atoms with Crippen molar-refractivity contribution in [1.82, 2.24) is 0 Å². The summed E-state index contributed by atoms with van der Waals surface area (Å²) in [4.78, 5) is 35.0. The molecule has 1 amide bonds. The molecule has 1 aromatic carbocycles. The Morgan fingerprint density at radius 1 is 0.941 bits per heavy atom. The fourth-order valence-corrected chi connectivity index (χ4v) is 1.84.